The zero-order valence-electron chi connectivity index (χ0n) is 11.5. The Morgan fingerprint density at radius 3 is 2.57 bits per heavy atom. The van der Waals surface area contributed by atoms with Crippen molar-refractivity contribution in [2.45, 2.75) is 25.2 Å². The van der Waals surface area contributed by atoms with Crippen molar-refractivity contribution in [3.05, 3.63) is 35.4 Å². The fraction of sp³-hybridized carbons (Fsp3) is 0.500. The standard InChI is InChI=1S/C14H16F3NO3/c1-13(21-7-12(19)20)8-18(9-13)6-10-4-2-3-5-11(10)14(15,16)17/h2-5H,6-9H2,1H3,(H,19,20). The largest absolute Gasteiger partial charge is 0.480 e. The first-order valence-electron chi connectivity index (χ1n) is 6.43. The summed E-state index contributed by atoms with van der Waals surface area (Å²) >= 11 is 0. The number of carboxylic acid groups (broad SMARTS) is 1. The molecule has 0 unspecified atom stereocenters. The Labute approximate surface area is 120 Å². The monoisotopic (exact) mass is 303 g/mol. The molecule has 2 rings (SSSR count). The SMILES string of the molecule is CC1(OCC(=O)O)CN(Cc2ccccc2C(F)(F)F)C1. The first-order valence-corrected chi connectivity index (χ1v) is 6.43. The van der Waals surface area contributed by atoms with Gasteiger partial charge in [0.05, 0.1) is 11.2 Å². The average molecular weight is 303 g/mol. The number of carboxylic acids is 1. The normalized spacial score (nSPS) is 18.3. The van der Waals surface area contributed by atoms with Crippen LogP contribution in [0.15, 0.2) is 24.3 Å². The van der Waals surface area contributed by atoms with Crippen LogP contribution in [0.1, 0.15) is 18.1 Å². The summed E-state index contributed by atoms with van der Waals surface area (Å²) in [6.45, 7) is 2.34. The molecule has 1 aliphatic rings. The van der Waals surface area contributed by atoms with Crippen LogP contribution in [-0.2, 0) is 22.3 Å². The van der Waals surface area contributed by atoms with Crippen molar-refractivity contribution in [2.75, 3.05) is 19.7 Å². The van der Waals surface area contributed by atoms with Gasteiger partial charge in [-0.2, -0.15) is 13.2 Å². The van der Waals surface area contributed by atoms with Gasteiger partial charge in [-0.15, -0.1) is 0 Å². The fourth-order valence-electron chi connectivity index (χ4n) is 2.51. The third-order valence-corrected chi connectivity index (χ3v) is 3.38. The third-order valence-electron chi connectivity index (χ3n) is 3.38. The summed E-state index contributed by atoms with van der Waals surface area (Å²) in [5.41, 5.74) is -1.03. The molecule has 21 heavy (non-hydrogen) atoms. The number of carbonyl (C=O) groups is 1. The minimum Gasteiger partial charge on any atom is -0.480 e. The Morgan fingerprint density at radius 1 is 1.38 bits per heavy atom. The molecule has 0 radical (unpaired) electrons. The predicted octanol–water partition coefficient (Wildman–Crippen LogP) is 2.38. The van der Waals surface area contributed by atoms with Crippen molar-refractivity contribution in [2.24, 2.45) is 0 Å². The van der Waals surface area contributed by atoms with Crippen LogP contribution in [0.2, 0.25) is 0 Å². The van der Waals surface area contributed by atoms with E-state index in [0.29, 0.717) is 13.1 Å². The van der Waals surface area contributed by atoms with Gasteiger partial charge in [-0.1, -0.05) is 18.2 Å². The van der Waals surface area contributed by atoms with Crippen molar-refractivity contribution in [1.82, 2.24) is 4.90 Å². The maximum atomic E-state index is 12.9. The van der Waals surface area contributed by atoms with E-state index in [1.54, 1.807) is 17.9 Å². The van der Waals surface area contributed by atoms with Gasteiger partial charge in [0.1, 0.15) is 6.61 Å². The molecule has 1 aliphatic heterocycles. The quantitative estimate of drug-likeness (QED) is 0.907. The van der Waals surface area contributed by atoms with Crippen LogP contribution in [0.4, 0.5) is 13.2 Å². The number of halogens is 3. The second-order valence-corrected chi connectivity index (χ2v) is 5.43. The molecule has 0 spiro atoms. The van der Waals surface area contributed by atoms with E-state index >= 15 is 0 Å². The number of hydrogen-bond donors (Lipinski definition) is 1. The summed E-state index contributed by atoms with van der Waals surface area (Å²) in [7, 11) is 0. The van der Waals surface area contributed by atoms with Crippen LogP contribution in [0.5, 0.6) is 0 Å². The Hall–Kier alpha value is -1.60. The molecule has 7 heteroatoms. The van der Waals surface area contributed by atoms with Crippen LogP contribution < -0.4 is 0 Å². The molecular weight excluding hydrogens is 287 g/mol. The molecular formula is C14H16F3NO3. The molecule has 116 valence electrons. The van der Waals surface area contributed by atoms with Crippen LogP contribution in [0, 0.1) is 0 Å². The highest BCUT2D eigenvalue weighted by Gasteiger charge is 2.41. The average Bonchev–Trinajstić information content (AvgIpc) is 2.34. The highest BCUT2D eigenvalue weighted by Crippen LogP contribution is 2.34. The number of nitrogens with zero attached hydrogens (tertiary/aromatic N) is 1. The second kappa shape index (κ2) is 5.65. The molecule has 1 heterocycles. The number of aliphatic carboxylic acids is 1. The van der Waals surface area contributed by atoms with E-state index in [4.69, 9.17) is 9.84 Å². The molecule has 0 atom stereocenters. The first-order chi connectivity index (χ1) is 9.70. The fourth-order valence-corrected chi connectivity index (χ4v) is 2.51. The summed E-state index contributed by atoms with van der Waals surface area (Å²) in [6, 6.07) is 5.46. The van der Waals surface area contributed by atoms with Gasteiger partial charge in [0.2, 0.25) is 0 Å². The summed E-state index contributed by atoms with van der Waals surface area (Å²) in [6.07, 6.45) is -4.37. The van der Waals surface area contributed by atoms with Crippen LogP contribution >= 0.6 is 0 Å². The number of rotatable bonds is 5. The lowest BCUT2D eigenvalue weighted by Crippen LogP contribution is -2.61. The molecule has 0 aromatic heterocycles. The number of benzene rings is 1. The van der Waals surface area contributed by atoms with E-state index < -0.39 is 29.9 Å². The second-order valence-electron chi connectivity index (χ2n) is 5.43. The van der Waals surface area contributed by atoms with Gasteiger partial charge in [0.15, 0.2) is 0 Å². The molecule has 0 saturated carbocycles. The summed E-state index contributed by atoms with van der Waals surface area (Å²) in [5.74, 6) is -1.06. The molecule has 0 amide bonds. The van der Waals surface area contributed by atoms with Crippen molar-refractivity contribution >= 4 is 5.97 Å². The van der Waals surface area contributed by atoms with E-state index in [1.165, 1.54) is 12.1 Å². The van der Waals surface area contributed by atoms with Crippen molar-refractivity contribution < 1.29 is 27.8 Å². The molecule has 1 N–H and O–H groups in total. The molecule has 1 saturated heterocycles. The zero-order chi connectivity index (χ0) is 15.7. The van der Waals surface area contributed by atoms with Gasteiger partial charge in [-0.05, 0) is 18.6 Å². The van der Waals surface area contributed by atoms with Gasteiger partial charge in [0, 0.05) is 19.6 Å². The maximum absolute atomic E-state index is 12.9. The third kappa shape index (κ3) is 3.95. The smallest absolute Gasteiger partial charge is 0.416 e. The van der Waals surface area contributed by atoms with Gasteiger partial charge in [-0.3, -0.25) is 4.90 Å². The number of alkyl halides is 3. The lowest BCUT2D eigenvalue weighted by molar-refractivity contribution is -0.166. The molecule has 1 fully saturated rings. The lowest BCUT2D eigenvalue weighted by atomic mass is 9.94. The summed E-state index contributed by atoms with van der Waals surface area (Å²) < 4.78 is 43.9. The maximum Gasteiger partial charge on any atom is 0.416 e. The predicted molar refractivity (Wildman–Crippen MR) is 68.7 cm³/mol. The van der Waals surface area contributed by atoms with Crippen molar-refractivity contribution in [3.63, 3.8) is 0 Å². The van der Waals surface area contributed by atoms with Gasteiger partial charge >= 0.3 is 12.1 Å². The van der Waals surface area contributed by atoms with E-state index in [0.717, 1.165) is 6.07 Å². The van der Waals surface area contributed by atoms with Gasteiger partial charge in [0.25, 0.3) is 0 Å². The van der Waals surface area contributed by atoms with E-state index in [1.807, 2.05) is 0 Å². The van der Waals surface area contributed by atoms with Gasteiger partial charge < -0.3 is 9.84 Å². The van der Waals surface area contributed by atoms with Crippen LogP contribution in [0.3, 0.4) is 0 Å². The van der Waals surface area contributed by atoms with E-state index in [2.05, 4.69) is 0 Å². The zero-order valence-corrected chi connectivity index (χ0v) is 11.5. The molecule has 1 aromatic rings. The number of hydrogen-bond acceptors (Lipinski definition) is 3. The highest BCUT2D eigenvalue weighted by atomic mass is 19.4. The van der Waals surface area contributed by atoms with Crippen LogP contribution in [-0.4, -0.2) is 41.3 Å². The molecule has 4 nitrogen and oxygen atoms in total. The van der Waals surface area contributed by atoms with Crippen molar-refractivity contribution in [3.8, 4) is 0 Å². The van der Waals surface area contributed by atoms with Crippen LogP contribution in [0.25, 0.3) is 0 Å². The summed E-state index contributed by atoms with van der Waals surface area (Å²) in [4.78, 5) is 12.2. The number of likely N-dealkylation sites (tertiary alicyclic amines) is 1. The molecule has 1 aromatic carbocycles. The first kappa shape index (κ1) is 15.8. The molecule has 0 aliphatic carbocycles. The van der Waals surface area contributed by atoms with E-state index in [-0.39, 0.29) is 12.1 Å². The Morgan fingerprint density at radius 2 is 2.00 bits per heavy atom. The summed E-state index contributed by atoms with van der Waals surface area (Å²) in [5, 5.41) is 8.56. The Bertz CT molecular complexity index is 524. The molecule has 0 bridgehead atoms. The Balaban J connectivity index is 1.95. The minimum atomic E-state index is -4.37. The van der Waals surface area contributed by atoms with E-state index in [9.17, 15) is 18.0 Å². The van der Waals surface area contributed by atoms with Crippen molar-refractivity contribution in [1.29, 1.82) is 0 Å². The lowest BCUT2D eigenvalue weighted by Gasteiger charge is -2.47. The highest BCUT2D eigenvalue weighted by molar-refractivity contribution is 5.68. The minimum absolute atomic E-state index is 0.168. The topological polar surface area (TPSA) is 49.8 Å². The number of ether oxygens (including phenoxy) is 1. The Kier molecular flexibility index (Phi) is 4.25. The van der Waals surface area contributed by atoms with Gasteiger partial charge in [-0.25, -0.2) is 4.79 Å².